The molecular weight excluding hydrogens is 424 g/mol. The Hall–Kier alpha value is -2.52. The first-order valence-electron chi connectivity index (χ1n) is 9.16. The number of hydrogen-bond acceptors (Lipinski definition) is 6. The second-order valence-corrected chi connectivity index (χ2v) is 10.1. The maximum Gasteiger partial charge on any atom is 0.297 e. The van der Waals surface area contributed by atoms with E-state index < -0.39 is 20.2 Å². The van der Waals surface area contributed by atoms with Crippen molar-refractivity contribution in [1.82, 2.24) is 0 Å². The fourth-order valence-electron chi connectivity index (χ4n) is 2.57. The maximum absolute atomic E-state index is 12.2. The Morgan fingerprint density at radius 2 is 0.833 bits per heavy atom. The van der Waals surface area contributed by atoms with Crippen LogP contribution in [0.25, 0.3) is 0 Å². The minimum absolute atomic E-state index is 0.0967. The third kappa shape index (κ3) is 5.76. The van der Waals surface area contributed by atoms with Gasteiger partial charge >= 0.3 is 0 Å². The fraction of sp³-hybridized carbons (Fsp3) is 0.182. The number of rotatable bonds is 8. The van der Waals surface area contributed by atoms with Crippen LogP contribution in [-0.2, 0) is 41.8 Å². The van der Waals surface area contributed by atoms with Gasteiger partial charge in [-0.2, -0.15) is 16.8 Å². The van der Waals surface area contributed by atoms with Gasteiger partial charge < -0.3 is 0 Å². The van der Waals surface area contributed by atoms with Crippen molar-refractivity contribution in [2.24, 2.45) is 0 Å². The molecule has 0 radical (unpaired) electrons. The lowest BCUT2D eigenvalue weighted by molar-refractivity contribution is 0.304. The number of hydrogen-bond donors (Lipinski definition) is 0. The van der Waals surface area contributed by atoms with Gasteiger partial charge in [-0.15, -0.1) is 0 Å². The summed E-state index contributed by atoms with van der Waals surface area (Å²) in [6.45, 7) is 3.49. The Labute approximate surface area is 177 Å². The van der Waals surface area contributed by atoms with Crippen molar-refractivity contribution in [1.29, 1.82) is 0 Å². The van der Waals surface area contributed by atoms with Crippen molar-refractivity contribution in [3.05, 3.63) is 95.1 Å². The van der Waals surface area contributed by atoms with Crippen molar-refractivity contribution < 1.29 is 25.2 Å². The van der Waals surface area contributed by atoms with Gasteiger partial charge in [0.1, 0.15) is 0 Å². The van der Waals surface area contributed by atoms with Crippen LogP contribution >= 0.6 is 0 Å². The third-order valence-electron chi connectivity index (χ3n) is 4.40. The molecule has 3 aromatic carbocycles. The molecule has 30 heavy (non-hydrogen) atoms. The predicted octanol–water partition coefficient (Wildman–Crippen LogP) is 4.11. The van der Waals surface area contributed by atoms with Crippen molar-refractivity contribution in [3.63, 3.8) is 0 Å². The summed E-state index contributed by atoms with van der Waals surface area (Å²) in [5, 5.41) is 0. The summed E-state index contributed by atoms with van der Waals surface area (Å²) in [5.74, 6) is 0. The molecule has 0 unspecified atom stereocenters. The molecule has 0 aliphatic rings. The lowest BCUT2D eigenvalue weighted by Crippen LogP contribution is -2.07. The van der Waals surface area contributed by atoms with Crippen molar-refractivity contribution in [2.45, 2.75) is 36.9 Å². The minimum Gasteiger partial charge on any atom is -0.262 e. The molecule has 0 atom stereocenters. The van der Waals surface area contributed by atoms with Crippen LogP contribution in [0.3, 0.4) is 0 Å². The van der Waals surface area contributed by atoms with Crippen LogP contribution in [0.5, 0.6) is 0 Å². The zero-order valence-corrected chi connectivity index (χ0v) is 18.2. The average Bonchev–Trinajstić information content (AvgIpc) is 2.72. The normalized spacial score (nSPS) is 12.1. The summed E-state index contributed by atoms with van der Waals surface area (Å²) < 4.78 is 59.2. The molecule has 0 aliphatic carbocycles. The molecule has 0 saturated heterocycles. The summed E-state index contributed by atoms with van der Waals surface area (Å²) in [6, 6.07) is 19.5. The first-order valence-corrected chi connectivity index (χ1v) is 12.0. The molecule has 0 bridgehead atoms. The second kappa shape index (κ2) is 9.09. The number of aryl methyl sites for hydroxylation is 2. The molecule has 3 aromatic rings. The van der Waals surface area contributed by atoms with E-state index in [1.165, 1.54) is 24.3 Å². The van der Waals surface area contributed by atoms with E-state index in [-0.39, 0.29) is 23.0 Å². The molecule has 3 rings (SSSR count). The van der Waals surface area contributed by atoms with E-state index in [0.29, 0.717) is 11.1 Å². The van der Waals surface area contributed by atoms with E-state index >= 15 is 0 Å². The molecular formula is C22H22O6S2. The van der Waals surface area contributed by atoms with Crippen LogP contribution in [0.2, 0.25) is 0 Å². The summed E-state index contributed by atoms with van der Waals surface area (Å²) in [6.07, 6.45) is 0. The quantitative estimate of drug-likeness (QED) is 0.484. The third-order valence-corrected chi connectivity index (χ3v) is 6.96. The van der Waals surface area contributed by atoms with Gasteiger partial charge in [-0.25, -0.2) is 0 Å². The maximum atomic E-state index is 12.2. The van der Waals surface area contributed by atoms with E-state index in [1.54, 1.807) is 48.5 Å². The van der Waals surface area contributed by atoms with E-state index in [2.05, 4.69) is 0 Å². The van der Waals surface area contributed by atoms with Crippen molar-refractivity contribution >= 4 is 20.2 Å². The summed E-state index contributed by atoms with van der Waals surface area (Å²) in [5.41, 5.74) is 3.18. The minimum atomic E-state index is -3.85. The van der Waals surface area contributed by atoms with Crippen molar-refractivity contribution in [3.8, 4) is 0 Å². The molecule has 6 nitrogen and oxygen atoms in total. The fourth-order valence-corrected chi connectivity index (χ4v) is 4.36. The zero-order valence-electron chi connectivity index (χ0n) is 16.6. The second-order valence-electron chi connectivity index (χ2n) is 6.88. The van der Waals surface area contributed by atoms with E-state index in [1.807, 2.05) is 13.8 Å². The van der Waals surface area contributed by atoms with Crippen LogP contribution in [0.4, 0.5) is 0 Å². The lowest BCUT2D eigenvalue weighted by atomic mass is 10.1. The molecule has 0 aliphatic heterocycles. The highest BCUT2D eigenvalue weighted by molar-refractivity contribution is 7.87. The van der Waals surface area contributed by atoms with Crippen LogP contribution < -0.4 is 0 Å². The van der Waals surface area contributed by atoms with Gasteiger partial charge in [0.2, 0.25) is 0 Å². The van der Waals surface area contributed by atoms with Gasteiger partial charge in [0.25, 0.3) is 20.2 Å². The standard InChI is InChI=1S/C22H22O6S2/c1-17-3-11-21(12-4-17)29(23,24)27-15-19-7-9-20(10-8-19)16-28-30(25,26)22-13-5-18(2)6-14-22/h3-14H,15-16H2,1-2H3. The van der Waals surface area contributed by atoms with Gasteiger partial charge in [0.05, 0.1) is 23.0 Å². The van der Waals surface area contributed by atoms with Crippen molar-refractivity contribution in [2.75, 3.05) is 0 Å². The smallest absolute Gasteiger partial charge is 0.262 e. The monoisotopic (exact) mass is 446 g/mol. The SMILES string of the molecule is Cc1ccc(S(=O)(=O)OCc2ccc(COS(=O)(=O)c3ccc(C)cc3)cc2)cc1. The molecule has 0 N–H and O–H groups in total. The summed E-state index contributed by atoms with van der Waals surface area (Å²) in [7, 11) is -7.71. The largest absolute Gasteiger partial charge is 0.297 e. The van der Waals surface area contributed by atoms with Gasteiger partial charge in [0, 0.05) is 0 Å². The summed E-state index contributed by atoms with van der Waals surface area (Å²) in [4.78, 5) is 0.193. The summed E-state index contributed by atoms with van der Waals surface area (Å²) >= 11 is 0. The van der Waals surface area contributed by atoms with Crippen LogP contribution in [0.1, 0.15) is 22.3 Å². The van der Waals surface area contributed by atoms with E-state index in [4.69, 9.17) is 8.37 Å². The Balaban J connectivity index is 1.58. The van der Waals surface area contributed by atoms with Gasteiger partial charge in [0.15, 0.2) is 0 Å². The molecule has 0 saturated carbocycles. The Morgan fingerprint density at radius 3 is 1.13 bits per heavy atom. The molecule has 8 heteroatoms. The molecule has 0 amide bonds. The molecule has 0 fully saturated rings. The van der Waals surface area contributed by atoms with Crippen LogP contribution in [0.15, 0.2) is 82.6 Å². The first kappa shape index (κ1) is 22.2. The number of benzene rings is 3. The zero-order chi connectivity index (χ0) is 21.8. The Bertz CT molecular complexity index is 1100. The van der Waals surface area contributed by atoms with Gasteiger partial charge in [-0.05, 0) is 49.2 Å². The predicted molar refractivity (Wildman–Crippen MR) is 113 cm³/mol. The Kier molecular flexibility index (Phi) is 6.72. The lowest BCUT2D eigenvalue weighted by Gasteiger charge is -2.08. The molecule has 0 spiro atoms. The Morgan fingerprint density at radius 1 is 0.533 bits per heavy atom. The molecule has 0 aromatic heterocycles. The highest BCUT2D eigenvalue weighted by atomic mass is 32.2. The highest BCUT2D eigenvalue weighted by Crippen LogP contribution is 2.18. The van der Waals surface area contributed by atoms with Gasteiger partial charge in [-0.3, -0.25) is 8.37 Å². The van der Waals surface area contributed by atoms with E-state index in [9.17, 15) is 16.8 Å². The van der Waals surface area contributed by atoms with E-state index in [0.717, 1.165) is 11.1 Å². The molecule has 0 heterocycles. The van der Waals surface area contributed by atoms with Gasteiger partial charge in [-0.1, -0.05) is 59.7 Å². The van der Waals surface area contributed by atoms with Crippen LogP contribution in [0, 0.1) is 13.8 Å². The average molecular weight is 447 g/mol. The molecule has 158 valence electrons. The van der Waals surface area contributed by atoms with Crippen LogP contribution in [-0.4, -0.2) is 16.8 Å². The first-order chi connectivity index (χ1) is 14.2. The topological polar surface area (TPSA) is 86.7 Å². The highest BCUT2D eigenvalue weighted by Gasteiger charge is 2.16.